The highest BCUT2D eigenvalue weighted by Gasteiger charge is 2.19. The summed E-state index contributed by atoms with van der Waals surface area (Å²) in [7, 11) is 0. The van der Waals surface area contributed by atoms with Crippen molar-refractivity contribution in [2.24, 2.45) is 0 Å². The third kappa shape index (κ3) is 4.67. The van der Waals surface area contributed by atoms with Crippen molar-refractivity contribution in [3.05, 3.63) is 117 Å². The average Bonchev–Trinajstić information content (AvgIpc) is 2.85. The van der Waals surface area contributed by atoms with E-state index >= 15 is 0 Å². The van der Waals surface area contributed by atoms with Crippen molar-refractivity contribution in [1.29, 1.82) is 5.26 Å². The zero-order chi connectivity index (χ0) is 24.1. The van der Waals surface area contributed by atoms with Crippen molar-refractivity contribution in [2.75, 3.05) is 0 Å². The summed E-state index contributed by atoms with van der Waals surface area (Å²) < 4.78 is 15.4. The highest BCUT2D eigenvalue weighted by Crippen LogP contribution is 2.27. The first kappa shape index (κ1) is 23.1. The van der Waals surface area contributed by atoms with E-state index in [4.69, 9.17) is 4.98 Å². The maximum absolute atomic E-state index is 13.9. The molecule has 3 aromatic carbocycles. The highest BCUT2D eigenvalue weighted by atomic mass is 19.1. The summed E-state index contributed by atoms with van der Waals surface area (Å²) in [5, 5.41) is 10.0. The van der Waals surface area contributed by atoms with E-state index in [1.54, 1.807) is 19.1 Å². The second-order valence-electron chi connectivity index (χ2n) is 8.30. The lowest BCUT2D eigenvalue weighted by Gasteiger charge is -2.17. The minimum absolute atomic E-state index is 0.224. The number of hydrogen-bond donors (Lipinski definition) is 0. The molecule has 0 aliphatic rings. The Bertz CT molecular complexity index is 1420. The van der Waals surface area contributed by atoms with Crippen LogP contribution in [0, 0.1) is 24.1 Å². The minimum atomic E-state index is -0.414. The maximum Gasteiger partial charge on any atom is 0.261 e. The molecule has 0 amide bonds. The molecular weight excluding hydrogens is 425 g/mol. The van der Waals surface area contributed by atoms with Gasteiger partial charge in [0.2, 0.25) is 0 Å². The molecule has 0 bridgehead atoms. The molecule has 4 rings (SSSR count). The molecule has 0 saturated carbocycles. The molecule has 0 N–H and O–H groups in total. The van der Waals surface area contributed by atoms with E-state index in [1.165, 1.54) is 16.7 Å². The molecule has 1 heterocycles. The summed E-state index contributed by atoms with van der Waals surface area (Å²) in [6.07, 6.45) is 2.83. The monoisotopic (exact) mass is 451 g/mol. The van der Waals surface area contributed by atoms with Crippen LogP contribution >= 0.6 is 0 Å². The van der Waals surface area contributed by atoms with Crippen LogP contribution in [0.4, 0.5) is 4.39 Å². The van der Waals surface area contributed by atoms with Crippen LogP contribution in [-0.2, 0) is 12.8 Å². The number of nitrogens with zero attached hydrogens (tertiary/aromatic N) is 3. The van der Waals surface area contributed by atoms with E-state index in [0.29, 0.717) is 29.1 Å². The van der Waals surface area contributed by atoms with Gasteiger partial charge >= 0.3 is 0 Å². The molecule has 0 unspecified atom stereocenters. The number of halogens is 1. The van der Waals surface area contributed by atoms with E-state index in [-0.39, 0.29) is 12.0 Å². The zero-order valence-corrected chi connectivity index (χ0v) is 19.4. The van der Waals surface area contributed by atoms with Crippen LogP contribution in [0.3, 0.4) is 0 Å². The van der Waals surface area contributed by atoms with Gasteiger partial charge in [-0.05, 0) is 54.7 Å². The molecule has 0 aliphatic carbocycles. The normalized spacial score (nSPS) is 10.8. The summed E-state index contributed by atoms with van der Waals surface area (Å²) in [4.78, 5) is 18.5. The van der Waals surface area contributed by atoms with Gasteiger partial charge in [-0.3, -0.25) is 9.36 Å². The molecule has 0 radical (unpaired) electrons. The van der Waals surface area contributed by atoms with Crippen molar-refractivity contribution < 1.29 is 4.39 Å². The Hall–Kier alpha value is -4.04. The molecule has 0 saturated heterocycles. The smallest absolute Gasteiger partial charge is 0.261 e. The maximum atomic E-state index is 13.9. The highest BCUT2D eigenvalue weighted by molar-refractivity contribution is 5.72. The van der Waals surface area contributed by atoms with Gasteiger partial charge in [-0.15, -0.1) is 0 Å². The fourth-order valence-electron chi connectivity index (χ4n) is 4.29. The van der Waals surface area contributed by atoms with Crippen molar-refractivity contribution in [3.8, 4) is 22.9 Å². The van der Waals surface area contributed by atoms with Crippen molar-refractivity contribution in [1.82, 2.24) is 9.55 Å². The van der Waals surface area contributed by atoms with Crippen LogP contribution in [0.15, 0.2) is 77.6 Å². The largest absolute Gasteiger partial charge is 0.269 e. The Morgan fingerprint density at radius 2 is 1.79 bits per heavy atom. The van der Waals surface area contributed by atoms with Gasteiger partial charge in [0.05, 0.1) is 16.9 Å². The van der Waals surface area contributed by atoms with Gasteiger partial charge in [0.1, 0.15) is 17.7 Å². The van der Waals surface area contributed by atoms with Crippen LogP contribution in [0.1, 0.15) is 48.0 Å². The zero-order valence-electron chi connectivity index (χ0n) is 19.4. The third-order valence-electron chi connectivity index (χ3n) is 5.98. The Balaban J connectivity index is 1.88. The van der Waals surface area contributed by atoms with Crippen molar-refractivity contribution in [2.45, 2.75) is 39.5 Å². The molecule has 0 fully saturated rings. The van der Waals surface area contributed by atoms with Crippen LogP contribution in [0.25, 0.3) is 16.8 Å². The molecule has 34 heavy (non-hydrogen) atoms. The summed E-state index contributed by atoms with van der Waals surface area (Å²) in [6.45, 7) is 3.86. The van der Waals surface area contributed by atoms with E-state index in [0.717, 1.165) is 35.2 Å². The fraction of sp³-hybridized carbons (Fsp3) is 0.207. The summed E-state index contributed by atoms with van der Waals surface area (Å²) >= 11 is 0. The first-order valence-corrected chi connectivity index (χ1v) is 11.5. The fourth-order valence-corrected chi connectivity index (χ4v) is 4.29. The second kappa shape index (κ2) is 10.3. The summed E-state index contributed by atoms with van der Waals surface area (Å²) in [6, 6.07) is 23.8. The predicted molar refractivity (Wildman–Crippen MR) is 133 cm³/mol. The summed E-state index contributed by atoms with van der Waals surface area (Å²) in [5.74, 6) is 0.103. The first-order chi connectivity index (χ1) is 16.5. The van der Waals surface area contributed by atoms with Crippen molar-refractivity contribution >= 4 is 0 Å². The van der Waals surface area contributed by atoms with Crippen LogP contribution in [-0.4, -0.2) is 9.55 Å². The van der Waals surface area contributed by atoms with Crippen LogP contribution < -0.4 is 5.56 Å². The molecule has 0 spiro atoms. The van der Waals surface area contributed by atoms with Gasteiger partial charge in [0.25, 0.3) is 5.56 Å². The lowest BCUT2D eigenvalue weighted by molar-refractivity contribution is 0.625. The Kier molecular flexibility index (Phi) is 6.98. The summed E-state index contributed by atoms with van der Waals surface area (Å²) in [5.41, 5.74) is 4.61. The molecule has 1 aromatic heterocycles. The molecule has 0 aliphatic heterocycles. The molecular formula is C29H26FN3O. The topological polar surface area (TPSA) is 58.7 Å². The van der Waals surface area contributed by atoms with E-state index in [1.807, 2.05) is 48.5 Å². The molecule has 0 atom stereocenters. The number of rotatable bonds is 7. The van der Waals surface area contributed by atoms with Gasteiger partial charge in [0.15, 0.2) is 0 Å². The first-order valence-electron chi connectivity index (χ1n) is 11.5. The van der Waals surface area contributed by atoms with Gasteiger partial charge < -0.3 is 0 Å². The van der Waals surface area contributed by atoms with Gasteiger partial charge in [-0.2, -0.15) is 5.26 Å². The van der Waals surface area contributed by atoms with Crippen molar-refractivity contribution in [3.63, 3.8) is 0 Å². The van der Waals surface area contributed by atoms with Gasteiger partial charge in [0, 0.05) is 12.0 Å². The Morgan fingerprint density at radius 1 is 1.03 bits per heavy atom. The molecule has 4 nitrogen and oxygen atoms in total. The average molecular weight is 452 g/mol. The van der Waals surface area contributed by atoms with Crippen LogP contribution in [0.5, 0.6) is 0 Å². The lowest BCUT2D eigenvalue weighted by atomic mass is 9.92. The SMILES string of the molecule is CCCCc1nc(C)n(-c2cccc(F)c2)c(=O)c1Cc1cccc(-c2ccccc2)c1C#N. The molecule has 170 valence electrons. The molecule has 5 heteroatoms. The number of benzene rings is 3. The van der Waals surface area contributed by atoms with Gasteiger partial charge in [-0.1, -0.05) is 67.9 Å². The van der Waals surface area contributed by atoms with Gasteiger partial charge in [-0.25, -0.2) is 9.37 Å². The standard InChI is InChI=1S/C29H26FN3O/c1-3-4-16-28-26(29(34)33(20(2)32-28)24-14-9-13-23(30)18-24)17-22-12-8-15-25(27(22)19-31)21-10-6-5-7-11-21/h5-15,18H,3-4,16-17H2,1-2H3. The quantitative estimate of drug-likeness (QED) is 0.338. The second-order valence-corrected chi connectivity index (χ2v) is 8.30. The predicted octanol–water partition coefficient (Wildman–Crippen LogP) is 6.15. The van der Waals surface area contributed by atoms with E-state index < -0.39 is 5.82 Å². The number of nitriles is 1. The van der Waals surface area contributed by atoms with E-state index in [9.17, 15) is 14.4 Å². The number of hydrogen-bond acceptors (Lipinski definition) is 3. The van der Waals surface area contributed by atoms with E-state index in [2.05, 4.69) is 13.0 Å². The number of aromatic nitrogens is 2. The van der Waals surface area contributed by atoms with Crippen LogP contribution in [0.2, 0.25) is 0 Å². The lowest BCUT2D eigenvalue weighted by Crippen LogP contribution is -2.28. The number of unbranched alkanes of at least 4 members (excludes halogenated alkanes) is 1. The molecule has 4 aromatic rings. The third-order valence-corrected chi connectivity index (χ3v) is 5.98. The Labute approximate surface area is 199 Å². The Morgan fingerprint density at radius 3 is 2.50 bits per heavy atom. The minimum Gasteiger partial charge on any atom is -0.269 e. The number of aryl methyl sites for hydroxylation is 2.